The first-order valence-electron chi connectivity index (χ1n) is 19.7. The fraction of sp³-hybridized carbons (Fsp3) is 0.250. The molecule has 10 rings (SSSR count). The lowest BCUT2D eigenvalue weighted by Crippen LogP contribution is -2.45. The number of fused-ring (bicyclic) bond motifs is 4. The van der Waals surface area contributed by atoms with E-state index in [0.29, 0.717) is 12.1 Å². The number of hydrogen-bond donors (Lipinski definition) is 1. The molecule has 6 heteroatoms. The Morgan fingerprint density at radius 2 is 1.17 bits per heavy atom. The predicted octanol–water partition coefficient (Wildman–Crippen LogP) is 11.9. The van der Waals surface area contributed by atoms with Crippen molar-refractivity contribution in [2.45, 2.75) is 50.9 Å². The summed E-state index contributed by atoms with van der Waals surface area (Å²) in [5.74, 6) is 0. The smallest absolute Gasteiger partial charge is 0.0446 e. The highest BCUT2D eigenvalue weighted by atomic mass is 32.1. The molecule has 0 amide bonds. The average Bonchev–Trinajstić information content (AvgIpc) is 3.92. The third-order valence-corrected chi connectivity index (χ3v) is 13.8. The minimum absolute atomic E-state index is 0.466. The summed E-state index contributed by atoms with van der Waals surface area (Å²) in [5.41, 5.74) is 6.84. The summed E-state index contributed by atoms with van der Waals surface area (Å²) in [7, 11) is 0. The van der Waals surface area contributed by atoms with Crippen molar-refractivity contribution in [2.24, 2.45) is 0 Å². The summed E-state index contributed by atoms with van der Waals surface area (Å²) in [4.78, 5) is 8.05. The SMILES string of the molecule is c1ccc2cc(CN(c3ccc4sccc4c3)C3CCN(c4ccc(CN(c5ccc6sccc6c5)C5CCNCC5)c5ccccc45)CC3)ccc2c1. The number of nitrogens with one attached hydrogen (secondary N) is 1. The zero-order valence-electron chi connectivity index (χ0n) is 30.7. The molecular formula is C48H46N4S2. The average molecular weight is 743 g/mol. The first-order valence-corrected chi connectivity index (χ1v) is 21.4. The van der Waals surface area contributed by atoms with Crippen molar-refractivity contribution in [3.05, 3.63) is 149 Å². The van der Waals surface area contributed by atoms with Gasteiger partial charge in [0.05, 0.1) is 0 Å². The van der Waals surface area contributed by atoms with Crippen LogP contribution in [0.1, 0.15) is 36.8 Å². The molecular weight excluding hydrogens is 697 g/mol. The van der Waals surface area contributed by atoms with Gasteiger partial charge in [-0.1, -0.05) is 66.7 Å². The van der Waals surface area contributed by atoms with Crippen LogP contribution in [0.2, 0.25) is 0 Å². The second-order valence-electron chi connectivity index (χ2n) is 15.2. The normalized spacial score (nSPS) is 15.8. The van der Waals surface area contributed by atoms with Crippen LogP contribution in [0.3, 0.4) is 0 Å². The molecule has 0 radical (unpaired) electrons. The van der Waals surface area contributed by atoms with E-state index in [1.54, 1.807) is 0 Å². The Labute approximate surface area is 326 Å². The third-order valence-electron chi connectivity index (χ3n) is 12.0. The molecule has 0 spiro atoms. The van der Waals surface area contributed by atoms with Crippen molar-refractivity contribution in [1.82, 2.24) is 5.32 Å². The van der Waals surface area contributed by atoms with Crippen LogP contribution in [-0.2, 0) is 13.1 Å². The largest absolute Gasteiger partial charge is 0.371 e. The van der Waals surface area contributed by atoms with Crippen molar-refractivity contribution in [3.63, 3.8) is 0 Å². The zero-order chi connectivity index (χ0) is 35.8. The predicted molar refractivity (Wildman–Crippen MR) is 235 cm³/mol. The molecule has 1 N–H and O–H groups in total. The summed E-state index contributed by atoms with van der Waals surface area (Å²) in [6.45, 7) is 6.09. The summed E-state index contributed by atoms with van der Waals surface area (Å²) >= 11 is 3.66. The topological polar surface area (TPSA) is 21.8 Å². The highest BCUT2D eigenvalue weighted by Crippen LogP contribution is 2.37. The highest BCUT2D eigenvalue weighted by molar-refractivity contribution is 7.17. The summed E-state index contributed by atoms with van der Waals surface area (Å²) in [5, 5.41) is 16.1. The molecule has 6 aromatic carbocycles. The quantitative estimate of drug-likeness (QED) is 0.159. The van der Waals surface area contributed by atoms with E-state index in [-0.39, 0.29) is 0 Å². The van der Waals surface area contributed by atoms with E-state index in [1.807, 2.05) is 22.7 Å². The van der Waals surface area contributed by atoms with Gasteiger partial charge in [0, 0.05) is 70.1 Å². The van der Waals surface area contributed by atoms with Gasteiger partial charge in [-0.05, 0) is 148 Å². The van der Waals surface area contributed by atoms with Crippen LogP contribution in [0.4, 0.5) is 17.1 Å². The molecule has 2 aromatic heterocycles. The van der Waals surface area contributed by atoms with E-state index in [0.717, 1.165) is 52.1 Å². The molecule has 0 atom stereocenters. The number of piperidine rings is 2. The molecule has 4 heterocycles. The maximum atomic E-state index is 3.59. The zero-order valence-corrected chi connectivity index (χ0v) is 32.3. The van der Waals surface area contributed by atoms with E-state index >= 15 is 0 Å². The molecule has 0 saturated carbocycles. The summed E-state index contributed by atoms with van der Waals surface area (Å²) in [6.07, 6.45) is 4.59. The van der Waals surface area contributed by atoms with E-state index in [2.05, 4.69) is 158 Å². The Morgan fingerprint density at radius 1 is 0.537 bits per heavy atom. The van der Waals surface area contributed by atoms with Crippen molar-refractivity contribution >= 4 is 81.5 Å². The van der Waals surface area contributed by atoms with Gasteiger partial charge in [0.1, 0.15) is 0 Å². The lowest BCUT2D eigenvalue weighted by Gasteiger charge is -2.41. The van der Waals surface area contributed by atoms with Gasteiger partial charge in [0.25, 0.3) is 0 Å². The number of thiophene rings is 2. The van der Waals surface area contributed by atoms with Gasteiger partial charge in [-0.2, -0.15) is 0 Å². The Hall–Kier alpha value is -4.88. The molecule has 2 aliphatic heterocycles. The molecule has 2 fully saturated rings. The van der Waals surface area contributed by atoms with Gasteiger partial charge in [-0.25, -0.2) is 0 Å². The van der Waals surface area contributed by atoms with Crippen molar-refractivity contribution in [1.29, 1.82) is 0 Å². The molecule has 54 heavy (non-hydrogen) atoms. The van der Waals surface area contributed by atoms with Crippen molar-refractivity contribution in [3.8, 4) is 0 Å². The minimum Gasteiger partial charge on any atom is -0.371 e. The number of rotatable bonds is 9. The van der Waals surface area contributed by atoms with E-state index < -0.39 is 0 Å². The van der Waals surface area contributed by atoms with Gasteiger partial charge in [-0.15, -0.1) is 22.7 Å². The van der Waals surface area contributed by atoms with Gasteiger partial charge in [-0.3, -0.25) is 0 Å². The van der Waals surface area contributed by atoms with Gasteiger partial charge in [0.2, 0.25) is 0 Å². The summed E-state index contributed by atoms with van der Waals surface area (Å²) in [6, 6.07) is 49.4. The number of nitrogens with zero attached hydrogens (tertiary/aromatic N) is 3. The lowest BCUT2D eigenvalue weighted by atomic mass is 9.96. The van der Waals surface area contributed by atoms with E-state index in [9.17, 15) is 0 Å². The van der Waals surface area contributed by atoms with Crippen LogP contribution >= 0.6 is 22.7 Å². The summed E-state index contributed by atoms with van der Waals surface area (Å²) < 4.78 is 2.72. The first-order chi connectivity index (χ1) is 26.7. The van der Waals surface area contributed by atoms with Crippen LogP contribution in [-0.4, -0.2) is 38.3 Å². The highest BCUT2D eigenvalue weighted by Gasteiger charge is 2.28. The van der Waals surface area contributed by atoms with E-state index in [1.165, 1.54) is 82.7 Å². The monoisotopic (exact) mass is 742 g/mol. The fourth-order valence-corrected chi connectivity index (χ4v) is 10.7. The fourth-order valence-electron chi connectivity index (χ4n) is 9.14. The van der Waals surface area contributed by atoms with Crippen molar-refractivity contribution < 1.29 is 0 Å². The molecule has 2 aliphatic rings. The lowest BCUT2D eigenvalue weighted by molar-refractivity contribution is 0.428. The maximum absolute atomic E-state index is 3.59. The molecule has 8 aromatic rings. The molecule has 0 unspecified atom stereocenters. The number of hydrogen-bond acceptors (Lipinski definition) is 6. The van der Waals surface area contributed by atoms with Gasteiger partial charge < -0.3 is 20.0 Å². The molecule has 0 bridgehead atoms. The first kappa shape index (κ1) is 33.7. The molecule has 2 saturated heterocycles. The molecule has 4 nitrogen and oxygen atoms in total. The second-order valence-corrected chi connectivity index (χ2v) is 17.1. The maximum Gasteiger partial charge on any atom is 0.0446 e. The van der Waals surface area contributed by atoms with Crippen LogP contribution in [0.5, 0.6) is 0 Å². The van der Waals surface area contributed by atoms with Gasteiger partial charge in [0.15, 0.2) is 0 Å². The van der Waals surface area contributed by atoms with E-state index in [4.69, 9.17) is 0 Å². The standard InChI is InChI=1S/C48H46N4S2/c1-2-6-36-29-34(9-10-35(36)5-1)32-51(42-12-15-47-37(30-42)21-27-53-47)41-19-25-50(26-20-41)46-14-11-39(44-7-3-4-8-45(44)46)33-52(40-17-23-49-24-18-40)43-13-16-48-38(31-43)22-28-54-48/h1-16,21-22,27-31,40-41,49H,17-20,23-26,32-33H2. The second kappa shape index (κ2) is 14.7. The van der Waals surface area contributed by atoms with Crippen LogP contribution in [0.25, 0.3) is 41.7 Å². The Kier molecular flexibility index (Phi) is 9.19. The minimum atomic E-state index is 0.466. The number of anilines is 3. The van der Waals surface area contributed by atoms with Crippen LogP contribution < -0.4 is 20.0 Å². The molecule has 270 valence electrons. The third kappa shape index (κ3) is 6.61. The van der Waals surface area contributed by atoms with Crippen LogP contribution in [0, 0.1) is 0 Å². The Balaban J connectivity index is 0.925. The van der Waals surface area contributed by atoms with Crippen LogP contribution in [0.15, 0.2) is 138 Å². The number of benzene rings is 6. The van der Waals surface area contributed by atoms with Crippen molar-refractivity contribution in [2.75, 3.05) is 40.9 Å². The van der Waals surface area contributed by atoms with Gasteiger partial charge >= 0.3 is 0 Å². The molecule has 0 aliphatic carbocycles. The Bertz CT molecular complexity index is 2560. The Morgan fingerprint density at radius 3 is 1.89 bits per heavy atom.